The Balaban J connectivity index is 2.07. The fourth-order valence-corrected chi connectivity index (χ4v) is 4.05. The summed E-state index contributed by atoms with van der Waals surface area (Å²) >= 11 is 0. The molecule has 0 unspecified atom stereocenters. The molecule has 90 valence electrons. The van der Waals surface area contributed by atoms with Crippen LogP contribution >= 0.6 is 0 Å². The molecule has 2 aliphatic carbocycles. The largest absolute Gasteiger partial charge is 0.392 e. The van der Waals surface area contributed by atoms with Crippen LogP contribution < -0.4 is 0 Å². The third kappa shape index (κ3) is 1.10. The van der Waals surface area contributed by atoms with Crippen molar-refractivity contribution in [2.45, 2.75) is 58.2 Å². The Morgan fingerprint density at radius 3 is 2.62 bits per heavy atom. The Morgan fingerprint density at radius 1 is 1.31 bits per heavy atom. The van der Waals surface area contributed by atoms with Crippen LogP contribution in [0, 0.1) is 10.8 Å². The van der Waals surface area contributed by atoms with Gasteiger partial charge in [0.15, 0.2) is 0 Å². The van der Waals surface area contributed by atoms with Crippen molar-refractivity contribution in [3.63, 3.8) is 0 Å². The molecule has 1 saturated carbocycles. The summed E-state index contributed by atoms with van der Waals surface area (Å²) in [6.45, 7) is 7.64. The van der Waals surface area contributed by atoms with Crippen molar-refractivity contribution in [3.05, 3.63) is 11.6 Å². The van der Waals surface area contributed by atoms with Gasteiger partial charge in [-0.1, -0.05) is 32.4 Å². The van der Waals surface area contributed by atoms with Crippen LogP contribution in [0.2, 0.25) is 0 Å². The highest BCUT2D eigenvalue weighted by Crippen LogP contribution is 2.63. The molecule has 0 radical (unpaired) electrons. The predicted octanol–water partition coefficient (Wildman–Crippen LogP) is 2.66. The quantitative estimate of drug-likeness (QED) is 0.505. The molecule has 3 rings (SSSR count). The highest BCUT2D eigenvalue weighted by molar-refractivity contribution is 5.35. The van der Waals surface area contributed by atoms with Crippen molar-refractivity contribution < 1.29 is 9.84 Å². The molecule has 0 bridgehead atoms. The second-order valence-electron chi connectivity index (χ2n) is 6.55. The Bertz CT molecular complexity index is 352. The number of aliphatic hydroxyl groups excluding tert-OH is 1. The van der Waals surface area contributed by atoms with Crippen LogP contribution in [0.5, 0.6) is 0 Å². The monoisotopic (exact) mass is 222 g/mol. The lowest BCUT2D eigenvalue weighted by atomic mass is 9.52. The summed E-state index contributed by atoms with van der Waals surface area (Å²) in [4.78, 5) is 0. The molecule has 1 aliphatic heterocycles. The standard InChI is InChI=1S/C14H22O2/c1-12(2)10-5-4-7-14(9-16-14)13(10,3)8-6-11(12)15/h5,11,15H,4,6-9H2,1-3H3/t11-,13+,14+/m0/s1. The van der Waals surface area contributed by atoms with Gasteiger partial charge in [-0.15, -0.1) is 0 Å². The average Bonchev–Trinajstić information content (AvgIpc) is 2.98. The fraction of sp³-hybridized carbons (Fsp3) is 0.857. The zero-order valence-electron chi connectivity index (χ0n) is 10.5. The zero-order valence-corrected chi connectivity index (χ0v) is 10.5. The van der Waals surface area contributed by atoms with Gasteiger partial charge in [0.1, 0.15) is 5.60 Å². The van der Waals surface area contributed by atoms with Crippen LogP contribution in [-0.4, -0.2) is 23.4 Å². The van der Waals surface area contributed by atoms with Crippen molar-refractivity contribution >= 4 is 0 Å². The first-order chi connectivity index (χ1) is 7.42. The van der Waals surface area contributed by atoms with Crippen LogP contribution in [0.15, 0.2) is 11.6 Å². The van der Waals surface area contributed by atoms with Crippen molar-refractivity contribution in [1.82, 2.24) is 0 Å². The molecule has 2 heteroatoms. The topological polar surface area (TPSA) is 32.8 Å². The lowest BCUT2D eigenvalue weighted by Gasteiger charge is -2.53. The van der Waals surface area contributed by atoms with Crippen molar-refractivity contribution in [3.8, 4) is 0 Å². The molecule has 0 aromatic heterocycles. The van der Waals surface area contributed by atoms with E-state index in [4.69, 9.17) is 4.74 Å². The average molecular weight is 222 g/mol. The van der Waals surface area contributed by atoms with Gasteiger partial charge in [0, 0.05) is 10.8 Å². The number of hydrogen-bond acceptors (Lipinski definition) is 2. The molecule has 0 aromatic carbocycles. The summed E-state index contributed by atoms with van der Waals surface area (Å²) in [5.41, 5.74) is 1.66. The first kappa shape index (κ1) is 10.8. The number of fused-ring (bicyclic) bond motifs is 2. The number of allylic oxidation sites excluding steroid dienone is 1. The summed E-state index contributed by atoms with van der Waals surface area (Å²) in [5.74, 6) is 0. The number of hydrogen-bond donors (Lipinski definition) is 1. The van der Waals surface area contributed by atoms with Gasteiger partial charge >= 0.3 is 0 Å². The summed E-state index contributed by atoms with van der Waals surface area (Å²) in [6.07, 6.45) is 6.44. The van der Waals surface area contributed by atoms with E-state index in [-0.39, 0.29) is 22.5 Å². The Kier molecular flexibility index (Phi) is 1.96. The van der Waals surface area contributed by atoms with E-state index in [9.17, 15) is 5.11 Å². The highest BCUT2D eigenvalue weighted by Gasteiger charge is 2.64. The molecule has 0 amide bonds. The molecule has 1 spiro atoms. The minimum atomic E-state index is -0.194. The molecule has 2 nitrogen and oxygen atoms in total. The number of ether oxygens (including phenoxy) is 1. The normalized spacial score (nSPS) is 49.8. The smallest absolute Gasteiger partial charge is 0.101 e. The van der Waals surface area contributed by atoms with Crippen LogP contribution in [0.4, 0.5) is 0 Å². The Hall–Kier alpha value is -0.340. The van der Waals surface area contributed by atoms with Gasteiger partial charge in [0.25, 0.3) is 0 Å². The van der Waals surface area contributed by atoms with E-state index in [2.05, 4.69) is 26.8 Å². The van der Waals surface area contributed by atoms with E-state index in [1.54, 1.807) is 0 Å². The molecule has 1 heterocycles. The molecular formula is C14H22O2. The summed E-state index contributed by atoms with van der Waals surface area (Å²) in [7, 11) is 0. The molecule has 3 atom stereocenters. The highest BCUT2D eigenvalue weighted by atomic mass is 16.6. The maximum atomic E-state index is 10.2. The maximum Gasteiger partial charge on any atom is 0.101 e. The molecule has 1 N–H and O–H groups in total. The number of epoxide rings is 1. The first-order valence-electron chi connectivity index (χ1n) is 6.46. The summed E-state index contributed by atoms with van der Waals surface area (Å²) < 4.78 is 5.82. The maximum absolute atomic E-state index is 10.2. The SMILES string of the molecule is CC1(C)C2=CCC[C@@]3(CO3)[C@]2(C)CC[C@@H]1O. The molecule has 2 fully saturated rings. The van der Waals surface area contributed by atoms with Crippen LogP contribution in [0.25, 0.3) is 0 Å². The van der Waals surface area contributed by atoms with E-state index in [1.165, 1.54) is 12.0 Å². The Labute approximate surface area is 97.7 Å². The third-order valence-corrected chi connectivity index (χ3v) is 5.43. The van der Waals surface area contributed by atoms with Crippen molar-refractivity contribution in [2.75, 3.05) is 6.61 Å². The van der Waals surface area contributed by atoms with E-state index < -0.39 is 0 Å². The fourth-order valence-electron chi connectivity index (χ4n) is 4.05. The number of aliphatic hydroxyl groups is 1. The number of rotatable bonds is 0. The minimum Gasteiger partial charge on any atom is -0.392 e. The van der Waals surface area contributed by atoms with Crippen LogP contribution in [0.3, 0.4) is 0 Å². The van der Waals surface area contributed by atoms with Gasteiger partial charge in [-0.05, 0) is 25.7 Å². The second kappa shape index (κ2) is 2.91. The molecule has 0 aromatic rings. The summed E-state index contributed by atoms with van der Waals surface area (Å²) in [6, 6.07) is 0. The van der Waals surface area contributed by atoms with Gasteiger partial charge in [0.2, 0.25) is 0 Å². The second-order valence-corrected chi connectivity index (χ2v) is 6.55. The van der Waals surface area contributed by atoms with Gasteiger partial charge in [-0.25, -0.2) is 0 Å². The minimum absolute atomic E-state index is 0.0770. The van der Waals surface area contributed by atoms with Gasteiger partial charge in [-0.2, -0.15) is 0 Å². The molecule has 1 saturated heterocycles. The van der Waals surface area contributed by atoms with E-state index in [1.807, 2.05) is 0 Å². The summed E-state index contributed by atoms with van der Waals surface area (Å²) in [5, 5.41) is 10.2. The molecule has 3 aliphatic rings. The molecular weight excluding hydrogens is 200 g/mol. The van der Waals surface area contributed by atoms with Gasteiger partial charge in [0.05, 0.1) is 12.7 Å². The van der Waals surface area contributed by atoms with E-state index in [0.29, 0.717) is 0 Å². The van der Waals surface area contributed by atoms with E-state index in [0.717, 1.165) is 25.9 Å². The first-order valence-corrected chi connectivity index (χ1v) is 6.46. The predicted molar refractivity (Wildman–Crippen MR) is 63.1 cm³/mol. The third-order valence-electron chi connectivity index (χ3n) is 5.43. The zero-order chi connectivity index (χ0) is 11.6. The Morgan fingerprint density at radius 2 is 2.00 bits per heavy atom. The van der Waals surface area contributed by atoms with Crippen molar-refractivity contribution in [1.29, 1.82) is 0 Å². The van der Waals surface area contributed by atoms with E-state index >= 15 is 0 Å². The van der Waals surface area contributed by atoms with Crippen LogP contribution in [0.1, 0.15) is 46.5 Å². The van der Waals surface area contributed by atoms with Crippen molar-refractivity contribution in [2.24, 2.45) is 10.8 Å². The lowest BCUT2D eigenvalue weighted by Crippen LogP contribution is -2.51. The molecule has 16 heavy (non-hydrogen) atoms. The van der Waals surface area contributed by atoms with Crippen LogP contribution in [-0.2, 0) is 4.74 Å². The lowest BCUT2D eigenvalue weighted by molar-refractivity contribution is -0.0188. The van der Waals surface area contributed by atoms with Gasteiger partial charge < -0.3 is 9.84 Å². The van der Waals surface area contributed by atoms with Gasteiger partial charge in [-0.3, -0.25) is 0 Å².